The van der Waals surface area contributed by atoms with Crippen LogP contribution >= 0.6 is 0 Å². The van der Waals surface area contributed by atoms with Gasteiger partial charge in [-0.15, -0.1) is 0 Å². The molecule has 0 radical (unpaired) electrons. The van der Waals surface area contributed by atoms with Gasteiger partial charge in [0, 0.05) is 6.54 Å². The molecule has 1 fully saturated rings. The molecule has 5 nitrogen and oxygen atoms in total. The average Bonchev–Trinajstić information content (AvgIpc) is 2.24. The lowest BCUT2D eigenvalue weighted by molar-refractivity contribution is -0.128. The average molecular weight is 230 g/mol. The third-order valence-corrected chi connectivity index (χ3v) is 3.19. The van der Waals surface area contributed by atoms with Gasteiger partial charge in [-0.25, -0.2) is 0 Å². The van der Waals surface area contributed by atoms with E-state index >= 15 is 0 Å². The highest BCUT2D eigenvalue weighted by Gasteiger charge is 2.37. The van der Waals surface area contributed by atoms with E-state index in [-0.39, 0.29) is 19.1 Å². The second-order valence-corrected chi connectivity index (χ2v) is 4.90. The normalized spacial score (nSPS) is 32.1. The zero-order chi connectivity index (χ0) is 12.2. The van der Waals surface area contributed by atoms with Crippen molar-refractivity contribution in [3.8, 4) is 0 Å². The fourth-order valence-electron chi connectivity index (χ4n) is 2.25. The van der Waals surface area contributed by atoms with Crippen molar-refractivity contribution in [2.75, 3.05) is 13.2 Å². The van der Waals surface area contributed by atoms with Crippen LogP contribution in [0.1, 0.15) is 32.6 Å². The Hall–Kier alpha value is -0.650. The highest BCUT2D eigenvalue weighted by atomic mass is 16.3. The largest absolute Gasteiger partial charge is 0.394 e. The van der Waals surface area contributed by atoms with Gasteiger partial charge >= 0.3 is 0 Å². The Bertz CT molecular complexity index is 247. The van der Waals surface area contributed by atoms with Crippen molar-refractivity contribution in [2.24, 2.45) is 11.7 Å². The van der Waals surface area contributed by atoms with Crippen LogP contribution in [-0.4, -0.2) is 40.9 Å². The first-order chi connectivity index (χ1) is 7.48. The lowest BCUT2D eigenvalue weighted by Crippen LogP contribution is -2.57. The van der Waals surface area contributed by atoms with Gasteiger partial charge in [0.15, 0.2) is 0 Å². The number of carbonyl (C=O) groups excluding carboxylic acids is 1. The minimum absolute atomic E-state index is 0.0582. The standard InChI is InChI=1S/C11H22N2O3/c1-8-3-2-4-11(12,5-8)10(16)13-6-9(15)7-14/h8-9,14-15H,2-7,12H2,1H3,(H,13,16). The molecular formula is C11H22N2O3. The first-order valence-corrected chi connectivity index (χ1v) is 5.84. The molecular weight excluding hydrogens is 208 g/mol. The predicted molar refractivity (Wildman–Crippen MR) is 60.7 cm³/mol. The van der Waals surface area contributed by atoms with Gasteiger partial charge in [0.1, 0.15) is 0 Å². The topological polar surface area (TPSA) is 95.6 Å². The van der Waals surface area contributed by atoms with E-state index in [1.807, 2.05) is 0 Å². The number of carbonyl (C=O) groups is 1. The van der Waals surface area contributed by atoms with Crippen molar-refractivity contribution in [3.63, 3.8) is 0 Å². The summed E-state index contributed by atoms with van der Waals surface area (Å²) >= 11 is 0. The van der Waals surface area contributed by atoms with E-state index in [2.05, 4.69) is 12.2 Å². The number of hydrogen-bond donors (Lipinski definition) is 4. The summed E-state index contributed by atoms with van der Waals surface area (Å²) in [5, 5.41) is 20.4. The van der Waals surface area contributed by atoms with Crippen LogP contribution in [0.25, 0.3) is 0 Å². The second-order valence-electron chi connectivity index (χ2n) is 4.90. The van der Waals surface area contributed by atoms with Gasteiger partial charge in [0.2, 0.25) is 5.91 Å². The van der Waals surface area contributed by atoms with Gasteiger partial charge in [0.25, 0.3) is 0 Å². The Labute approximate surface area is 96.0 Å². The zero-order valence-electron chi connectivity index (χ0n) is 9.78. The number of nitrogens with one attached hydrogen (secondary N) is 1. The summed E-state index contributed by atoms with van der Waals surface area (Å²) in [6, 6.07) is 0. The fourth-order valence-corrected chi connectivity index (χ4v) is 2.25. The highest BCUT2D eigenvalue weighted by Crippen LogP contribution is 2.30. The van der Waals surface area contributed by atoms with Crippen LogP contribution in [-0.2, 0) is 4.79 Å². The van der Waals surface area contributed by atoms with Gasteiger partial charge in [-0.2, -0.15) is 0 Å². The molecule has 1 aliphatic rings. The third kappa shape index (κ3) is 3.43. The van der Waals surface area contributed by atoms with E-state index < -0.39 is 11.6 Å². The van der Waals surface area contributed by atoms with E-state index in [1.54, 1.807) is 0 Å². The molecule has 0 bridgehead atoms. The van der Waals surface area contributed by atoms with Crippen LogP contribution in [0.15, 0.2) is 0 Å². The predicted octanol–water partition coefficient (Wildman–Crippen LogP) is -0.637. The maximum absolute atomic E-state index is 11.9. The Morgan fingerprint density at radius 2 is 2.38 bits per heavy atom. The van der Waals surface area contributed by atoms with Crippen molar-refractivity contribution in [1.82, 2.24) is 5.32 Å². The minimum Gasteiger partial charge on any atom is -0.394 e. The van der Waals surface area contributed by atoms with Gasteiger partial charge in [0.05, 0.1) is 18.2 Å². The number of aliphatic hydroxyl groups is 2. The van der Waals surface area contributed by atoms with Crippen molar-refractivity contribution >= 4 is 5.91 Å². The molecule has 0 aromatic carbocycles. The molecule has 0 aromatic rings. The van der Waals surface area contributed by atoms with Crippen LogP contribution < -0.4 is 11.1 Å². The molecule has 16 heavy (non-hydrogen) atoms. The molecule has 5 heteroatoms. The van der Waals surface area contributed by atoms with Gasteiger partial charge < -0.3 is 21.3 Å². The summed E-state index contributed by atoms with van der Waals surface area (Å²) in [5.41, 5.74) is 5.27. The highest BCUT2D eigenvalue weighted by molar-refractivity contribution is 5.86. The molecule has 94 valence electrons. The third-order valence-electron chi connectivity index (χ3n) is 3.19. The molecule has 1 aliphatic carbocycles. The maximum atomic E-state index is 11.9. The van der Waals surface area contributed by atoms with E-state index in [1.165, 1.54) is 0 Å². The molecule has 3 atom stereocenters. The molecule has 0 heterocycles. The van der Waals surface area contributed by atoms with Gasteiger partial charge in [-0.1, -0.05) is 19.8 Å². The van der Waals surface area contributed by atoms with Crippen LogP contribution in [0.5, 0.6) is 0 Å². The minimum atomic E-state index is -0.909. The Kier molecular flexibility index (Phi) is 4.70. The second kappa shape index (κ2) is 5.61. The lowest BCUT2D eigenvalue weighted by Gasteiger charge is -2.35. The number of hydrogen-bond acceptors (Lipinski definition) is 4. The molecule has 1 saturated carbocycles. The van der Waals surface area contributed by atoms with Crippen molar-refractivity contribution in [2.45, 2.75) is 44.2 Å². The lowest BCUT2D eigenvalue weighted by atomic mass is 9.76. The quantitative estimate of drug-likeness (QED) is 0.517. The van der Waals surface area contributed by atoms with E-state index in [0.29, 0.717) is 18.8 Å². The van der Waals surface area contributed by atoms with Crippen molar-refractivity contribution in [3.05, 3.63) is 0 Å². The number of nitrogens with two attached hydrogens (primary N) is 1. The molecule has 0 saturated heterocycles. The smallest absolute Gasteiger partial charge is 0.240 e. The van der Waals surface area contributed by atoms with Crippen molar-refractivity contribution < 1.29 is 15.0 Å². The number of amides is 1. The summed E-state index contributed by atoms with van der Waals surface area (Å²) < 4.78 is 0. The SMILES string of the molecule is CC1CCCC(N)(C(=O)NCC(O)CO)C1. The molecule has 0 aliphatic heterocycles. The molecule has 1 amide bonds. The van der Waals surface area contributed by atoms with Gasteiger partial charge in [-0.05, 0) is 18.8 Å². The molecule has 1 rings (SSSR count). The first-order valence-electron chi connectivity index (χ1n) is 5.84. The first kappa shape index (κ1) is 13.4. The Morgan fingerprint density at radius 3 is 2.94 bits per heavy atom. The Morgan fingerprint density at radius 1 is 1.69 bits per heavy atom. The summed E-state index contributed by atoms with van der Waals surface area (Å²) in [6.07, 6.45) is 2.56. The monoisotopic (exact) mass is 230 g/mol. The van der Waals surface area contributed by atoms with Crippen LogP contribution in [0.4, 0.5) is 0 Å². The number of rotatable bonds is 4. The molecule has 5 N–H and O–H groups in total. The summed E-state index contributed by atoms with van der Waals surface area (Å²) in [6.45, 7) is 1.80. The van der Waals surface area contributed by atoms with E-state index in [4.69, 9.17) is 15.9 Å². The van der Waals surface area contributed by atoms with E-state index in [9.17, 15) is 4.79 Å². The zero-order valence-corrected chi connectivity index (χ0v) is 9.78. The van der Waals surface area contributed by atoms with Crippen LogP contribution in [0.2, 0.25) is 0 Å². The maximum Gasteiger partial charge on any atom is 0.240 e. The summed E-state index contributed by atoms with van der Waals surface area (Å²) in [4.78, 5) is 11.9. The van der Waals surface area contributed by atoms with Crippen molar-refractivity contribution in [1.29, 1.82) is 0 Å². The van der Waals surface area contributed by atoms with Gasteiger partial charge in [-0.3, -0.25) is 4.79 Å². The fraction of sp³-hybridized carbons (Fsp3) is 0.909. The summed E-state index contributed by atoms with van der Waals surface area (Å²) in [7, 11) is 0. The molecule has 0 spiro atoms. The molecule has 0 aromatic heterocycles. The summed E-state index contributed by atoms with van der Waals surface area (Å²) in [5.74, 6) is 0.249. The van der Waals surface area contributed by atoms with E-state index in [0.717, 1.165) is 12.8 Å². The Balaban J connectivity index is 2.45. The number of aliphatic hydroxyl groups excluding tert-OH is 2. The van der Waals surface area contributed by atoms with Crippen LogP contribution in [0, 0.1) is 5.92 Å². The van der Waals surface area contributed by atoms with Crippen LogP contribution in [0.3, 0.4) is 0 Å². The molecule has 3 unspecified atom stereocenters.